The van der Waals surface area contributed by atoms with Gasteiger partial charge in [0.05, 0.1) is 31.4 Å². The quantitative estimate of drug-likeness (QED) is 0.832. The molecule has 100 valence electrons. The van der Waals surface area contributed by atoms with Crippen LogP contribution >= 0.6 is 11.6 Å². The molecule has 1 aromatic carbocycles. The van der Waals surface area contributed by atoms with Gasteiger partial charge in [0.2, 0.25) is 0 Å². The lowest BCUT2D eigenvalue weighted by Gasteiger charge is -2.16. The molecule has 0 heterocycles. The first kappa shape index (κ1) is 13.5. The largest absolute Gasteiger partial charge is 0.493 e. The van der Waals surface area contributed by atoms with Gasteiger partial charge in [-0.05, 0) is 36.5 Å². The van der Waals surface area contributed by atoms with Crippen LogP contribution in [0.3, 0.4) is 0 Å². The molecule has 0 radical (unpaired) electrons. The molecule has 1 aliphatic rings. The van der Waals surface area contributed by atoms with Gasteiger partial charge in [0.25, 0.3) is 0 Å². The Labute approximate surface area is 112 Å². The zero-order valence-corrected chi connectivity index (χ0v) is 11.1. The van der Waals surface area contributed by atoms with Crippen LogP contribution in [-0.4, -0.2) is 25.4 Å². The Hall–Kier alpha value is -0.970. The Morgan fingerprint density at radius 1 is 1.50 bits per heavy atom. The highest BCUT2D eigenvalue weighted by Crippen LogP contribution is 2.39. The van der Waals surface area contributed by atoms with Crippen molar-refractivity contribution in [3.63, 3.8) is 0 Å². The average Bonchev–Trinajstić information content (AvgIpc) is 3.19. The van der Waals surface area contributed by atoms with Crippen molar-refractivity contribution in [2.45, 2.75) is 18.9 Å². The molecular weight excluding hydrogens is 254 g/mol. The molecule has 1 unspecified atom stereocenters. The summed E-state index contributed by atoms with van der Waals surface area (Å²) in [6.45, 7) is 0.531. The van der Waals surface area contributed by atoms with Crippen LogP contribution < -0.4 is 15.2 Å². The average molecular weight is 272 g/mol. The third-order valence-corrected chi connectivity index (χ3v) is 3.32. The van der Waals surface area contributed by atoms with Crippen LogP contribution in [-0.2, 0) is 0 Å². The summed E-state index contributed by atoms with van der Waals surface area (Å²) in [6, 6.07) is 3.01. The Kier molecular flexibility index (Phi) is 4.32. The van der Waals surface area contributed by atoms with Gasteiger partial charge in [0, 0.05) is 0 Å². The van der Waals surface area contributed by atoms with Gasteiger partial charge in [-0.25, -0.2) is 0 Å². The fraction of sp³-hybridized carbons (Fsp3) is 0.538. The van der Waals surface area contributed by atoms with E-state index in [-0.39, 0.29) is 6.61 Å². The predicted octanol–water partition coefficient (Wildman–Crippen LogP) is 2.13. The van der Waals surface area contributed by atoms with Crippen LogP contribution in [0.4, 0.5) is 0 Å². The molecule has 4 nitrogen and oxygen atoms in total. The summed E-state index contributed by atoms with van der Waals surface area (Å²) < 4.78 is 11.0. The lowest BCUT2D eigenvalue weighted by molar-refractivity contribution is 0.266. The first-order valence-corrected chi connectivity index (χ1v) is 6.40. The fourth-order valence-corrected chi connectivity index (χ4v) is 1.96. The van der Waals surface area contributed by atoms with Gasteiger partial charge in [0.1, 0.15) is 0 Å². The van der Waals surface area contributed by atoms with Crippen LogP contribution in [0.15, 0.2) is 12.1 Å². The number of rotatable bonds is 6. The lowest BCUT2D eigenvalue weighted by atomic mass is 10.1. The minimum Gasteiger partial charge on any atom is -0.493 e. The Bertz CT molecular complexity index is 421. The molecule has 3 N–H and O–H groups in total. The third-order valence-electron chi connectivity index (χ3n) is 3.04. The van der Waals surface area contributed by atoms with Gasteiger partial charge in [-0.3, -0.25) is 0 Å². The Morgan fingerprint density at radius 2 is 2.22 bits per heavy atom. The third kappa shape index (κ3) is 3.07. The molecule has 5 heteroatoms. The van der Waals surface area contributed by atoms with E-state index in [1.807, 2.05) is 0 Å². The molecule has 1 fully saturated rings. The van der Waals surface area contributed by atoms with Crippen molar-refractivity contribution in [3.05, 3.63) is 22.7 Å². The number of nitrogens with two attached hydrogens (primary N) is 1. The number of hydrogen-bond acceptors (Lipinski definition) is 4. The van der Waals surface area contributed by atoms with Crippen LogP contribution in [0.25, 0.3) is 0 Å². The van der Waals surface area contributed by atoms with E-state index >= 15 is 0 Å². The Balaban J connectivity index is 2.21. The molecule has 1 aromatic rings. The van der Waals surface area contributed by atoms with E-state index in [1.54, 1.807) is 19.2 Å². The highest BCUT2D eigenvalue weighted by molar-refractivity contribution is 6.32. The molecule has 1 atom stereocenters. The predicted molar refractivity (Wildman–Crippen MR) is 70.2 cm³/mol. The molecule has 1 saturated carbocycles. The van der Waals surface area contributed by atoms with Crippen LogP contribution in [0.2, 0.25) is 5.02 Å². The highest BCUT2D eigenvalue weighted by Gasteiger charge is 2.23. The lowest BCUT2D eigenvalue weighted by Crippen LogP contribution is -2.14. The van der Waals surface area contributed by atoms with Crippen molar-refractivity contribution < 1.29 is 14.6 Å². The van der Waals surface area contributed by atoms with Crippen molar-refractivity contribution in [2.24, 2.45) is 11.7 Å². The van der Waals surface area contributed by atoms with Crippen molar-refractivity contribution in [1.82, 2.24) is 0 Å². The number of aliphatic hydroxyl groups excluding tert-OH is 1. The maximum atomic E-state index is 9.06. The molecule has 0 aromatic heterocycles. The highest BCUT2D eigenvalue weighted by atomic mass is 35.5. The summed E-state index contributed by atoms with van der Waals surface area (Å²) in [6.07, 6.45) is 2.43. The summed E-state index contributed by atoms with van der Waals surface area (Å²) in [5.74, 6) is 1.76. The molecule has 0 saturated heterocycles. The van der Waals surface area contributed by atoms with E-state index < -0.39 is 6.04 Å². The maximum absolute atomic E-state index is 9.06. The van der Waals surface area contributed by atoms with Crippen LogP contribution in [0.5, 0.6) is 11.5 Å². The first-order chi connectivity index (χ1) is 8.65. The summed E-state index contributed by atoms with van der Waals surface area (Å²) >= 11 is 6.18. The zero-order chi connectivity index (χ0) is 13.1. The molecule has 0 amide bonds. The number of methoxy groups -OCH3 is 1. The second kappa shape index (κ2) is 5.78. The standard InChI is InChI=1S/C13H18ClNO3/c1-17-12-5-9(11(15)6-16)4-10(14)13(12)18-7-8-2-3-8/h4-5,8,11,16H,2-3,6-7,15H2,1H3. The topological polar surface area (TPSA) is 64.7 Å². The summed E-state index contributed by atoms with van der Waals surface area (Å²) in [5, 5.41) is 9.52. The Morgan fingerprint density at radius 3 is 2.78 bits per heavy atom. The summed E-state index contributed by atoms with van der Waals surface area (Å²) in [7, 11) is 1.56. The number of ether oxygens (including phenoxy) is 2. The van der Waals surface area contributed by atoms with Crippen molar-refractivity contribution in [2.75, 3.05) is 20.3 Å². The molecular formula is C13H18ClNO3. The van der Waals surface area contributed by atoms with Crippen LogP contribution in [0.1, 0.15) is 24.4 Å². The molecule has 0 aliphatic heterocycles. The number of hydrogen-bond donors (Lipinski definition) is 2. The van der Waals surface area contributed by atoms with E-state index in [4.69, 9.17) is 31.9 Å². The van der Waals surface area contributed by atoms with Gasteiger partial charge in [-0.1, -0.05) is 11.6 Å². The number of halogens is 1. The van der Waals surface area contributed by atoms with E-state index in [0.717, 1.165) is 5.56 Å². The van der Waals surface area contributed by atoms with Gasteiger partial charge in [-0.2, -0.15) is 0 Å². The number of aliphatic hydroxyl groups is 1. The summed E-state index contributed by atoms with van der Waals surface area (Å²) in [5.41, 5.74) is 6.50. The molecule has 0 bridgehead atoms. The normalized spacial score (nSPS) is 16.4. The maximum Gasteiger partial charge on any atom is 0.179 e. The molecule has 0 spiro atoms. The molecule has 18 heavy (non-hydrogen) atoms. The van der Waals surface area contributed by atoms with Gasteiger partial charge in [0.15, 0.2) is 11.5 Å². The summed E-state index contributed by atoms with van der Waals surface area (Å²) in [4.78, 5) is 0. The smallest absolute Gasteiger partial charge is 0.179 e. The molecule has 2 rings (SSSR count). The van der Waals surface area contributed by atoms with E-state index in [2.05, 4.69) is 0 Å². The van der Waals surface area contributed by atoms with E-state index in [0.29, 0.717) is 29.0 Å². The SMILES string of the molecule is COc1cc(C(N)CO)cc(Cl)c1OCC1CC1. The monoisotopic (exact) mass is 271 g/mol. The fourth-order valence-electron chi connectivity index (χ4n) is 1.69. The van der Waals surface area contributed by atoms with E-state index in [9.17, 15) is 0 Å². The minimum absolute atomic E-state index is 0.137. The van der Waals surface area contributed by atoms with Crippen molar-refractivity contribution in [3.8, 4) is 11.5 Å². The second-order valence-electron chi connectivity index (χ2n) is 4.58. The van der Waals surface area contributed by atoms with E-state index in [1.165, 1.54) is 12.8 Å². The second-order valence-corrected chi connectivity index (χ2v) is 4.98. The van der Waals surface area contributed by atoms with Crippen molar-refractivity contribution >= 4 is 11.6 Å². The first-order valence-electron chi connectivity index (χ1n) is 6.02. The molecule has 1 aliphatic carbocycles. The minimum atomic E-state index is -0.464. The number of benzene rings is 1. The van der Waals surface area contributed by atoms with Crippen LogP contribution in [0, 0.1) is 5.92 Å². The van der Waals surface area contributed by atoms with Crippen molar-refractivity contribution in [1.29, 1.82) is 0 Å². The van der Waals surface area contributed by atoms with Gasteiger partial charge >= 0.3 is 0 Å². The zero-order valence-electron chi connectivity index (χ0n) is 10.4. The van der Waals surface area contributed by atoms with Gasteiger partial charge < -0.3 is 20.3 Å². The van der Waals surface area contributed by atoms with Gasteiger partial charge in [-0.15, -0.1) is 0 Å².